The zero-order chi connectivity index (χ0) is 21.8. The van der Waals surface area contributed by atoms with E-state index < -0.39 is 27.5 Å². The summed E-state index contributed by atoms with van der Waals surface area (Å²) in [7, 11) is -3.60. The van der Waals surface area contributed by atoms with Gasteiger partial charge in [-0.25, -0.2) is 8.42 Å². The van der Waals surface area contributed by atoms with Crippen LogP contribution in [0.4, 0.5) is 13.2 Å². The Balaban J connectivity index is 1.54. The van der Waals surface area contributed by atoms with E-state index in [1.165, 1.54) is 36.4 Å². The van der Waals surface area contributed by atoms with Crippen LogP contribution in [0.15, 0.2) is 76.0 Å². The summed E-state index contributed by atoms with van der Waals surface area (Å²) in [5.74, 6) is -0.826. The summed E-state index contributed by atoms with van der Waals surface area (Å²) in [5, 5.41) is 2.60. The van der Waals surface area contributed by atoms with E-state index in [0.717, 1.165) is 12.1 Å². The number of carbonyl (C=O) groups excluding carboxylic acids is 1. The maximum atomic E-state index is 12.6. The molecule has 1 aromatic heterocycles. The highest BCUT2D eigenvalue weighted by Crippen LogP contribution is 2.29. The minimum atomic E-state index is -4.39. The average molecular weight is 437 g/mol. The zero-order valence-corrected chi connectivity index (χ0v) is 16.5. The Morgan fingerprint density at radius 3 is 2.23 bits per heavy atom. The summed E-state index contributed by atoms with van der Waals surface area (Å²) in [4.78, 5) is 12.3. The highest BCUT2D eigenvalue weighted by atomic mass is 32.2. The lowest BCUT2D eigenvalue weighted by Crippen LogP contribution is -2.25. The fourth-order valence-corrected chi connectivity index (χ4v) is 4.01. The minimum Gasteiger partial charge on any atom is -0.455 e. The summed E-state index contributed by atoms with van der Waals surface area (Å²) in [6.07, 6.45) is -4.06. The van der Waals surface area contributed by atoms with E-state index in [-0.39, 0.29) is 28.7 Å². The van der Waals surface area contributed by atoms with Crippen molar-refractivity contribution < 1.29 is 30.8 Å². The van der Waals surface area contributed by atoms with Crippen molar-refractivity contribution in [1.29, 1.82) is 0 Å². The molecule has 0 bridgehead atoms. The Bertz CT molecular complexity index is 1110. The van der Waals surface area contributed by atoms with Crippen molar-refractivity contribution in [3.63, 3.8) is 0 Å². The van der Waals surface area contributed by atoms with Crippen molar-refractivity contribution in [2.45, 2.75) is 23.2 Å². The van der Waals surface area contributed by atoms with Gasteiger partial charge in [-0.15, -0.1) is 0 Å². The van der Waals surface area contributed by atoms with Gasteiger partial charge in [0.2, 0.25) is 0 Å². The molecule has 30 heavy (non-hydrogen) atoms. The second-order valence-corrected chi connectivity index (χ2v) is 8.53. The number of amides is 1. The van der Waals surface area contributed by atoms with Crippen LogP contribution in [-0.2, 0) is 28.2 Å². The Kier molecular flexibility index (Phi) is 6.31. The van der Waals surface area contributed by atoms with Gasteiger partial charge >= 0.3 is 6.18 Å². The molecule has 3 rings (SSSR count). The van der Waals surface area contributed by atoms with E-state index in [2.05, 4.69) is 5.32 Å². The lowest BCUT2D eigenvalue weighted by molar-refractivity contribution is -0.137. The molecule has 0 saturated carbocycles. The van der Waals surface area contributed by atoms with Crippen molar-refractivity contribution in [1.82, 2.24) is 5.32 Å². The van der Waals surface area contributed by atoms with Crippen LogP contribution >= 0.6 is 0 Å². The molecule has 0 aliphatic carbocycles. The summed E-state index contributed by atoms with van der Waals surface area (Å²) < 4.78 is 67.8. The topological polar surface area (TPSA) is 76.4 Å². The lowest BCUT2D eigenvalue weighted by Gasteiger charge is -2.08. The fourth-order valence-electron chi connectivity index (χ4n) is 2.74. The monoisotopic (exact) mass is 437 g/mol. The predicted molar refractivity (Wildman–Crippen MR) is 104 cm³/mol. The molecule has 3 aromatic rings. The summed E-state index contributed by atoms with van der Waals surface area (Å²) in [6, 6.07) is 15.4. The maximum absolute atomic E-state index is 12.6. The summed E-state index contributed by atoms with van der Waals surface area (Å²) in [6.45, 7) is 0.183. The minimum absolute atomic E-state index is 0.0410. The van der Waals surface area contributed by atoms with Crippen molar-refractivity contribution in [2.75, 3.05) is 6.54 Å². The van der Waals surface area contributed by atoms with E-state index in [4.69, 9.17) is 4.42 Å². The van der Waals surface area contributed by atoms with Crippen LogP contribution in [0, 0.1) is 0 Å². The molecule has 0 radical (unpaired) electrons. The van der Waals surface area contributed by atoms with E-state index in [0.29, 0.717) is 12.0 Å². The van der Waals surface area contributed by atoms with Gasteiger partial charge in [-0.3, -0.25) is 4.79 Å². The third-order valence-corrected chi connectivity index (χ3v) is 5.96. The Labute approximate surface area is 171 Å². The number of furan rings is 1. The average Bonchev–Trinajstić information content (AvgIpc) is 3.16. The molecule has 0 spiro atoms. The standard InChI is InChI=1S/C21H18F3NO4S/c22-21(23,24)16-8-6-15(7-9-16)12-13-25-20(26)19-11-10-17(29-19)14-30(27,28)18-4-2-1-3-5-18/h1-11H,12-14H2,(H,25,26). The van der Waals surface area contributed by atoms with Gasteiger partial charge in [0.25, 0.3) is 5.91 Å². The predicted octanol–water partition coefficient (Wildman–Crippen LogP) is 4.24. The number of alkyl halides is 3. The molecule has 1 N–H and O–H groups in total. The molecule has 0 unspecified atom stereocenters. The van der Waals surface area contributed by atoms with Gasteiger partial charge in [0.15, 0.2) is 15.6 Å². The molecule has 9 heteroatoms. The number of carbonyl (C=O) groups is 1. The van der Waals surface area contributed by atoms with Crippen molar-refractivity contribution >= 4 is 15.7 Å². The van der Waals surface area contributed by atoms with E-state index in [1.807, 2.05) is 0 Å². The third-order valence-electron chi connectivity index (χ3n) is 4.30. The molecule has 0 atom stereocenters. The molecule has 1 heterocycles. The van der Waals surface area contributed by atoms with E-state index in [1.54, 1.807) is 18.2 Å². The van der Waals surface area contributed by atoms with Crippen LogP contribution < -0.4 is 5.32 Å². The quantitative estimate of drug-likeness (QED) is 0.600. The van der Waals surface area contributed by atoms with Crippen molar-refractivity contribution in [3.05, 3.63) is 89.4 Å². The zero-order valence-electron chi connectivity index (χ0n) is 15.6. The van der Waals surface area contributed by atoms with Gasteiger partial charge in [-0.05, 0) is 48.4 Å². The van der Waals surface area contributed by atoms with Crippen LogP contribution in [0.5, 0.6) is 0 Å². The molecule has 5 nitrogen and oxygen atoms in total. The first-order valence-corrected chi connectivity index (χ1v) is 10.6. The van der Waals surface area contributed by atoms with Gasteiger partial charge in [-0.2, -0.15) is 13.2 Å². The van der Waals surface area contributed by atoms with Crippen molar-refractivity contribution in [2.24, 2.45) is 0 Å². The Morgan fingerprint density at radius 1 is 0.933 bits per heavy atom. The first-order chi connectivity index (χ1) is 14.1. The van der Waals surface area contributed by atoms with Crippen LogP contribution in [-0.4, -0.2) is 20.9 Å². The lowest BCUT2D eigenvalue weighted by atomic mass is 10.1. The van der Waals surface area contributed by atoms with Gasteiger partial charge in [0.1, 0.15) is 11.5 Å². The van der Waals surface area contributed by atoms with Crippen LogP contribution in [0.25, 0.3) is 0 Å². The van der Waals surface area contributed by atoms with Gasteiger partial charge in [-0.1, -0.05) is 30.3 Å². The fraction of sp³-hybridized carbons (Fsp3) is 0.190. The Morgan fingerprint density at radius 2 is 1.60 bits per heavy atom. The number of sulfone groups is 1. The SMILES string of the molecule is O=C(NCCc1ccc(C(F)(F)F)cc1)c1ccc(CS(=O)(=O)c2ccccc2)o1. The highest BCUT2D eigenvalue weighted by Gasteiger charge is 2.29. The molecular formula is C21H18F3NO4S. The molecular weight excluding hydrogens is 419 g/mol. The number of hydrogen-bond donors (Lipinski definition) is 1. The van der Waals surface area contributed by atoms with Gasteiger partial charge in [0, 0.05) is 6.54 Å². The molecule has 1 amide bonds. The molecule has 2 aromatic carbocycles. The number of nitrogens with one attached hydrogen (secondary N) is 1. The first kappa shape index (κ1) is 21.6. The van der Waals surface area contributed by atoms with E-state index >= 15 is 0 Å². The van der Waals surface area contributed by atoms with Gasteiger partial charge < -0.3 is 9.73 Å². The molecule has 158 valence electrons. The smallest absolute Gasteiger partial charge is 0.416 e. The van der Waals surface area contributed by atoms with Crippen LogP contribution in [0.2, 0.25) is 0 Å². The van der Waals surface area contributed by atoms with E-state index in [9.17, 15) is 26.4 Å². The molecule has 0 saturated heterocycles. The second-order valence-electron chi connectivity index (χ2n) is 6.54. The molecule has 0 fully saturated rings. The number of benzene rings is 2. The highest BCUT2D eigenvalue weighted by molar-refractivity contribution is 7.90. The van der Waals surface area contributed by atoms with Crippen LogP contribution in [0.1, 0.15) is 27.4 Å². The summed E-state index contributed by atoms with van der Waals surface area (Å²) >= 11 is 0. The number of hydrogen-bond acceptors (Lipinski definition) is 4. The Hall–Kier alpha value is -3.07. The normalized spacial score (nSPS) is 12.0. The molecule has 0 aliphatic heterocycles. The molecule has 0 aliphatic rings. The first-order valence-electron chi connectivity index (χ1n) is 8.96. The summed E-state index contributed by atoms with van der Waals surface area (Å²) in [5.41, 5.74) is -0.0961. The maximum Gasteiger partial charge on any atom is 0.416 e. The number of halogens is 3. The van der Waals surface area contributed by atoms with Gasteiger partial charge in [0.05, 0.1) is 10.5 Å². The van der Waals surface area contributed by atoms with Crippen molar-refractivity contribution in [3.8, 4) is 0 Å². The van der Waals surface area contributed by atoms with Crippen LogP contribution in [0.3, 0.4) is 0 Å². The number of rotatable bonds is 7. The largest absolute Gasteiger partial charge is 0.455 e. The third kappa shape index (κ3) is 5.50. The second kappa shape index (κ2) is 8.74.